The summed E-state index contributed by atoms with van der Waals surface area (Å²) in [5.74, 6) is -0.847. The predicted molar refractivity (Wildman–Crippen MR) is 50.9 cm³/mol. The SMILES string of the molecule is Cc1csc(C(C)NCC(=O)O)n1. The number of carboxylic acids is 1. The van der Waals surface area contributed by atoms with E-state index in [1.54, 1.807) is 11.3 Å². The zero-order valence-corrected chi connectivity index (χ0v) is 8.39. The number of nitrogens with zero attached hydrogens (tertiary/aromatic N) is 1. The van der Waals surface area contributed by atoms with Crippen LogP contribution < -0.4 is 5.32 Å². The van der Waals surface area contributed by atoms with E-state index < -0.39 is 5.97 Å². The third-order valence-corrected chi connectivity index (χ3v) is 2.71. The first-order chi connectivity index (χ1) is 6.09. The predicted octanol–water partition coefficient (Wildman–Crippen LogP) is 1.19. The van der Waals surface area contributed by atoms with Gasteiger partial charge in [0.15, 0.2) is 0 Å². The number of aryl methyl sites for hydroxylation is 1. The highest BCUT2D eigenvalue weighted by Crippen LogP contribution is 2.16. The van der Waals surface area contributed by atoms with E-state index in [1.807, 2.05) is 19.2 Å². The third kappa shape index (κ3) is 3.12. The second-order valence-corrected chi connectivity index (χ2v) is 3.71. The lowest BCUT2D eigenvalue weighted by molar-refractivity contribution is -0.136. The second-order valence-electron chi connectivity index (χ2n) is 2.82. The topological polar surface area (TPSA) is 62.2 Å². The van der Waals surface area contributed by atoms with E-state index in [-0.39, 0.29) is 12.6 Å². The molecule has 1 heterocycles. The number of rotatable bonds is 4. The minimum Gasteiger partial charge on any atom is -0.480 e. The lowest BCUT2D eigenvalue weighted by Gasteiger charge is -2.07. The summed E-state index contributed by atoms with van der Waals surface area (Å²) in [7, 11) is 0. The molecule has 0 saturated heterocycles. The van der Waals surface area contributed by atoms with Gasteiger partial charge in [-0.1, -0.05) is 0 Å². The van der Waals surface area contributed by atoms with Crippen LogP contribution in [0.15, 0.2) is 5.38 Å². The zero-order chi connectivity index (χ0) is 9.84. The quantitative estimate of drug-likeness (QED) is 0.766. The van der Waals surface area contributed by atoms with Crippen molar-refractivity contribution < 1.29 is 9.90 Å². The maximum Gasteiger partial charge on any atom is 0.317 e. The summed E-state index contributed by atoms with van der Waals surface area (Å²) in [5.41, 5.74) is 0.976. The molecule has 1 unspecified atom stereocenters. The second kappa shape index (κ2) is 4.34. The van der Waals surface area contributed by atoms with Gasteiger partial charge in [0.2, 0.25) is 0 Å². The van der Waals surface area contributed by atoms with E-state index in [1.165, 1.54) is 0 Å². The van der Waals surface area contributed by atoms with Crippen molar-refractivity contribution in [2.45, 2.75) is 19.9 Å². The normalized spacial score (nSPS) is 12.8. The Hall–Kier alpha value is -0.940. The van der Waals surface area contributed by atoms with Crippen molar-refractivity contribution in [3.63, 3.8) is 0 Å². The Bertz CT molecular complexity index is 298. The van der Waals surface area contributed by atoms with Crippen LogP contribution in [0, 0.1) is 6.92 Å². The van der Waals surface area contributed by atoms with Gasteiger partial charge in [0.1, 0.15) is 5.01 Å². The fourth-order valence-electron chi connectivity index (χ4n) is 0.899. The molecule has 0 aliphatic heterocycles. The van der Waals surface area contributed by atoms with Crippen LogP contribution >= 0.6 is 11.3 Å². The zero-order valence-electron chi connectivity index (χ0n) is 7.57. The maximum absolute atomic E-state index is 10.3. The molecule has 1 aromatic heterocycles. The first-order valence-corrected chi connectivity index (χ1v) is 4.84. The molecular formula is C8H12N2O2S. The molecule has 0 aliphatic carbocycles. The number of nitrogens with one attached hydrogen (secondary N) is 1. The van der Waals surface area contributed by atoms with E-state index in [4.69, 9.17) is 5.11 Å². The van der Waals surface area contributed by atoms with Crippen molar-refractivity contribution >= 4 is 17.3 Å². The van der Waals surface area contributed by atoms with E-state index in [2.05, 4.69) is 10.3 Å². The van der Waals surface area contributed by atoms with Gasteiger partial charge in [-0.05, 0) is 13.8 Å². The molecule has 1 aromatic rings. The minimum absolute atomic E-state index is 0.00907. The van der Waals surface area contributed by atoms with E-state index >= 15 is 0 Å². The molecule has 4 nitrogen and oxygen atoms in total. The molecule has 0 bridgehead atoms. The van der Waals surface area contributed by atoms with Crippen LogP contribution in [0.1, 0.15) is 23.7 Å². The molecule has 2 N–H and O–H groups in total. The van der Waals surface area contributed by atoms with Crippen LogP contribution in [0.4, 0.5) is 0 Å². The molecule has 0 radical (unpaired) electrons. The summed E-state index contributed by atoms with van der Waals surface area (Å²) in [4.78, 5) is 14.5. The smallest absolute Gasteiger partial charge is 0.317 e. The van der Waals surface area contributed by atoms with Crippen molar-refractivity contribution in [3.8, 4) is 0 Å². The summed E-state index contributed by atoms with van der Waals surface area (Å²) in [6.07, 6.45) is 0. The Morgan fingerprint density at radius 1 is 1.85 bits per heavy atom. The monoisotopic (exact) mass is 200 g/mol. The summed E-state index contributed by atoms with van der Waals surface area (Å²) < 4.78 is 0. The molecule has 0 spiro atoms. The summed E-state index contributed by atoms with van der Waals surface area (Å²) in [6.45, 7) is 3.80. The number of thiazole rings is 1. The average Bonchev–Trinajstić information content (AvgIpc) is 2.47. The lowest BCUT2D eigenvalue weighted by Crippen LogP contribution is -2.25. The molecule has 72 valence electrons. The number of carbonyl (C=O) groups is 1. The van der Waals surface area contributed by atoms with Crippen molar-refractivity contribution in [3.05, 3.63) is 16.1 Å². The number of carboxylic acid groups (broad SMARTS) is 1. The van der Waals surface area contributed by atoms with Crippen molar-refractivity contribution in [1.29, 1.82) is 0 Å². The largest absolute Gasteiger partial charge is 0.480 e. The van der Waals surface area contributed by atoms with Crippen molar-refractivity contribution in [2.24, 2.45) is 0 Å². The molecular weight excluding hydrogens is 188 g/mol. The molecule has 13 heavy (non-hydrogen) atoms. The number of aromatic nitrogens is 1. The summed E-state index contributed by atoms with van der Waals surface area (Å²) >= 11 is 1.54. The highest BCUT2D eigenvalue weighted by Gasteiger charge is 2.09. The van der Waals surface area contributed by atoms with Gasteiger partial charge in [0.25, 0.3) is 0 Å². The van der Waals surface area contributed by atoms with Crippen LogP contribution in [0.3, 0.4) is 0 Å². The van der Waals surface area contributed by atoms with Gasteiger partial charge in [-0.2, -0.15) is 0 Å². The molecule has 5 heteroatoms. The maximum atomic E-state index is 10.3. The van der Waals surface area contributed by atoms with E-state index in [0.717, 1.165) is 10.7 Å². The van der Waals surface area contributed by atoms with Crippen LogP contribution in [0.5, 0.6) is 0 Å². The van der Waals surface area contributed by atoms with Gasteiger partial charge in [0.05, 0.1) is 12.6 Å². The molecule has 0 aromatic carbocycles. The molecule has 0 amide bonds. The third-order valence-electron chi connectivity index (χ3n) is 1.57. The van der Waals surface area contributed by atoms with E-state index in [0.29, 0.717) is 0 Å². The standard InChI is InChI=1S/C8H12N2O2S/c1-5-4-13-8(10-5)6(2)9-3-7(11)12/h4,6,9H,3H2,1-2H3,(H,11,12). The molecule has 0 aliphatic rings. The number of hydrogen-bond acceptors (Lipinski definition) is 4. The summed E-state index contributed by atoms with van der Waals surface area (Å²) in [5, 5.41) is 14.2. The molecule has 0 saturated carbocycles. The Kier molecular flexibility index (Phi) is 3.39. The Balaban J connectivity index is 2.48. The minimum atomic E-state index is -0.847. The van der Waals surface area contributed by atoms with Crippen molar-refractivity contribution in [1.82, 2.24) is 10.3 Å². The summed E-state index contributed by atoms with van der Waals surface area (Å²) in [6, 6.07) is 0.00907. The number of aliphatic carboxylic acids is 1. The van der Waals surface area contributed by atoms with Crippen LogP contribution in [-0.2, 0) is 4.79 Å². The van der Waals surface area contributed by atoms with Crippen LogP contribution in [0.2, 0.25) is 0 Å². The molecule has 1 atom stereocenters. The number of hydrogen-bond donors (Lipinski definition) is 2. The van der Waals surface area contributed by atoms with Gasteiger partial charge in [-0.15, -0.1) is 11.3 Å². The Morgan fingerprint density at radius 3 is 3.00 bits per heavy atom. The average molecular weight is 200 g/mol. The van der Waals surface area contributed by atoms with Crippen molar-refractivity contribution in [2.75, 3.05) is 6.54 Å². The van der Waals surface area contributed by atoms with Gasteiger partial charge in [-0.25, -0.2) is 4.98 Å². The molecule has 1 rings (SSSR count). The highest BCUT2D eigenvalue weighted by atomic mass is 32.1. The van der Waals surface area contributed by atoms with Gasteiger partial charge in [0, 0.05) is 11.1 Å². The first-order valence-electron chi connectivity index (χ1n) is 3.97. The van der Waals surface area contributed by atoms with Crippen LogP contribution in [0.25, 0.3) is 0 Å². The fourth-order valence-corrected chi connectivity index (χ4v) is 1.73. The fraction of sp³-hybridized carbons (Fsp3) is 0.500. The Labute approximate surface area is 80.6 Å². The highest BCUT2D eigenvalue weighted by molar-refractivity contribution is 7.09. The van der Waals surface area contributed by atoms with Gasteiger partial charge in [-0.3, -0.25) is 10.1 Å². The van der Waals surface area contributed by atoms with E-state index in [9.17, 15) is 4.79 Å². The van der Waals surface area contributed by atoms with Gasteiger partial charge >= 0.3 is 5.97 Å². The molecule has 0 fully saturated rings. The lowest BCUT2D eigenvalue weighted by atomic mass is 10.3. The van der Waals surface area contributed by atoms with Gasteiger partial charge < -0.3 is 5.11 Å². The first kappa shape index (κ1) is 10.1. The Morgan fingerprint density at radius 2 is 2.54 bits per heavy atom. The van der Waals surface area contributed by atoms with Crippen LogP contribution in [-0.4, -0.2) is 22.6 Å².